The van der Waals surface area contributed by atoms with Gasteiger partial charge in [0.15, 0.2) is 5.78 Å². The van der Waals surface area contributed by atoms with Gasteiger partial charge in [0.1, 0.15) is 0 Å². The quantitative estimate of drug-likeness (QED) is 0.521. The van der Waals surface area contributed by atoms with E-state index in [0.717, 1.165) is 5.56 Å². The Kier molecular flexibility index (Phi) is 3.86. The minimum absolute atomic E-state index is 0.0863. The van der Waals surface area contributed by atoms with Crippen molar-refractivity contribution in [1.29, 1.82) is 0 Å². The monoisotopic (exact) mass is 186 g/mol. The molecule has 1 aromatic carbocycles. The van der Waals surface area contributed by atoms with Gasteiger partial charge in [0.05, 0.1) is 0 Å². The number of carbonyl (C=O) groups is 1. The molecule has 0 N–H and O–H groups in total. The number of aryl methyl sites for hydroxylation is 1. The molecule has 14 heavy (non-hydrogen) atoms. The van der Waals surface area contributed by atoms with Gasteiger partial charge in [-0.1, -0.05) is 36.4 Å². The summed E-state index contributed by atoms with van der Waals surface area (Å²) >= 11 is 0. The zero-order valence-electron chi connectivity index (χ0n) is 8.36. The first-order valence-electron chi connectivity index (χ1n) is 4.61. The van der Waals surface area contributed by atoms with Crippen LogP contribution in [-0.2, 0) is 4.79 Å². The van der Waals surface area contributed by atoms with E-state index in [9.17, 15) is 4.79 Å². The minimum atomic E-state index is 0.0863. The molecule has 0 aliphatic rings. The standard InChI is InChI=1S/C13H14O/c1-3-6-13(14)10-9-12-8-5-4-7-11(12)2/h3-5,7-10H,1,6H2,2H3/b10-9+. The lowest BCUT2D eigenvalue weighted by Gasteiger charge is -1.97. The van der Waals surface area contributed by atoms with E-state index in [0.29, 0.717) is 6.42 Å². The molecule has 0 spiro atoms. The second kappa shape index (κ2) is 5.18. The summed E-state index contributed by atoms with van der Waals surface area (Å²) in [7, 11) is 0. The molecular weight excluding hydrogens is 172 g/mol. The number of rotatable bonds is 4. The van der Waals surface area contributed by atoms with Crippen LogP contribution >= 0.6 is 0 Å². The summed E-state index contributed by atoms with van der Waals surface area (Å²) in [5.74, 6) is 0.0863. The molecule has 1 heteroatoms. The maximum atomic E-state index is 11.2. The van der Waals surface area contributed by atoms with Gasteiger partial charge in [-0.2, -0.15) is 0 Å². The van der Waals surface area contributed by atoms with E-state index in [4.69, 9.17) is 0 Å². The molecule has 0 saturated heterocycles. The summed E-state index contributed by atoms with van der Waals surface area (Å²) < 4.78 is 0. The van der Waals surface area contributed by atoms with Gasteiger partial charge in [-0.15, -0.1) is 6.58 Å². The van der Waals surface area contributed by atoms with Crippen molar-refractivity contribution in [2.75, 3.05) is 0 Å². The number of hydrogen-bond donors (Lipinski definition) is 0. The van der Waals surface area contributed by atoms with Crippen LogP contribution in [0.5, 0.6) is 0 Å². The summed E-state index contributed by atoms with van der Waals surface area (Å²) in [5.41, 5.74) is 2.26. The van der Waals surface area contributed by atoms with Crippen molar-refractivity contribution in [3.63, 3.8) is 0 Å². The highest BCUT2D eigenvalue weighted by Gasteiger charge is 1.93. The first-order chi connectivity index (χ1) is 6.74. The van der Waals surface area contributed by atoms with Crippen LogP contribution in [0.15, 0.2) is 43.0 Å². The summed E-state index contributed by atoms with van der Waals surface area (Å²) in [4.78, 5) is 11.2. The van der Waals surface area contributed by atoms with Crippen molar-refractivity contribution in [1.82, 2.24) is 0 Å². The van der Waals surface area contributed by atoms with Gasteiger partial charge in [0, 0.05) is 6.42 Å². The number of allylic oxidation sites excluding steroid dienone is 2. The highest BCUT2D eigenvalue weighted by Crippen LogP contribution is 2.08. The van der Waals surface area contributed by atoms with Crippen LogP contribution in [0, 0.1) is 6.92 Å². The van der Waals surface area contributed by atoms with Gasteiger partial charge in [0.2, 0.25) is 0 Å². The molecule has 0 saturated carbocycles. The second-order valence-electron chi connectivity index (χ2n) is 3.15. The largest absolute Gasteiger partial charge is 0.295 e. The van der Waals surface area contributed by atoms with Gasteiger partial charge < -0.3 is 0 Å². The predicted molar refractivity (Wildman–Crippen MR) is 60.0 cm³/mol. The summed E-state index contributed by atoms with van der Waals surface area (Å²) in [6.45, 7) is 5.54. The first-order valence-corrected chi connectivity index (χ1v) is 4.61. The third-order valence-corrected chi connectivity index (χ3v) is 1.98. The molecule has 0 amide bonds. The molecule has 1 nitrogen and oxygen atoms in total. The predicted octanol–water partition coefficient (Wildman–Crippen LogP) is 3.15. The van der Waals surface area contributed by atoms with Crippen LogP contribution in [0.1, 0.15) is 17.5 Å². The fourth-order valence-electron chi connectivity index (χ4n) is 1.17. The Morgan fingerprint density at radius 3 is 2.79 bits per heavy atom. The highest BCUT2D eigenvalue weighted by molar-refractivity contribution is 5.94. The molecule has 1 rings (SSSR count). The molecule has 1 aromatic rings. The van der Waals surface area contributed by atoms with Crippen molar-refractivity contribution in [2.45, 2.75) is 13.3 Å². The summed E-state index contributed by atoms with van der Waals surface area (Å²) in [6.07, 6.45) is 5.47. The zero-order valence-corrected chi connectivity index (χ0v) is 8.36. The van der Waals surface area contributed by atoms with Crippen molar-refractivity contribution in [3.8, 4) is 0 Å². The molecule has 0 bridgehead atoms. The Hall–Kier alpha value is -1.63. The molecule has 0 heterocycles. The summed E-state index contributed by atoms with van der Waals surface area (Å²) in [5, 5.41) is 0. The first kappa shape index (κ1) is 10.5. The Labute approximate surface area is 84.8 Å². The molecule has 0 aliphatic heterocycles. The maximum absolute atomic E-state index is 11.2. The van der Waals surface area contributed by atoms with Crippen LogP contribution in [0.2, 0.25) is 0 Å². The second-order valence-corrected chi connectivity index (χ2v) is 3.15. The highest BCUT2D eigenvalue weighted by atomic mass is 16.1. The van der Waals surface area contributed by atoms with E-state index in [1.807, 2.05) is 37.3 Å². The lowest BCUT2D eigenvalue weighted by atomic mass is 10.1. The fourth-order valence-corrected chi connectivity index (χ4v) is 1.17. The van der Waals surface area contributed by atoms with Crippen LogP contribution in [0.25, 0.3) is 6.08 Å². The van der Waals surface area contributed by atoms with Crippen molar-refractivity contribution in [2.24, 2.45) is 0 Å². The van der Waals surface area contributed by atoms with Crippen molar-refractivity contribution < 1.29 is 4.79 Å². The van der Waals surface area contributed by atoms with E-state index < -0.39 is 0 Å². The third-order valence-electron chi connectivity index (χ3n) is 1.98. The molecule has 72 valence electrons. The van der Waals surface area contributed by atoms with E-state index in [-0.39, 0.29) is 5.78 Å². The normalized spacial score (nSPS) is 10.4. The fraction of sp³-hybridized carbons (Fsp3) is 0.154. The molecule has 0 fully saturated rings. The Morgan fingerprint density at radius 1 is 1.43 bits per heavy atom. The van der Waals surface area contributed by atoms with Gasteiger partial charge in [0.25, 0.3) is 0 Å². The van der Waals surface area contributed by atoms with E-state index in [2.05, 4.69) is 6.58 Å². The minimum Gasteiger partial charge on any atom is -0.295 e. The van der Waals surface area contributed by atoms with E-state index >= 15 is 0 Å². The van der Waals surface area contributed by atoms with Crippen molar-refractivity contribution in [3.05, 3.63) is 54.1 Å². The Balaban J connectivity index is 2.73. The SMILES string of the molecule is C=CCC(=O)/C=C/c1ccccc1C. The number of ketones is 1. The van der Waals surface area contributed by atoms with Gasteiger partial charge in [-0.25, -0.2) is 0 Å². The maximum Gasteiger partial charge on any atom is 0.159 e. The average Bonchev–Trinajstić information content (AvgIpc) is 2.17. The van der Waals surface area contributed by atoms with Crippen LogP contribution in [0.4, 0.5) is 0 Å². The van der Waals surface area contributed by atoms with Gasteiger partial charge >= 0.3 is 0 Å². The number of benzene rings is 1. The molecule has 0 radical (unpaired) electrons. The molecule has 0 aliphatic carbocycles. The Morgan fingerprint density at radius 2 is 2.14 bits per heavy atom. The molecular formula is C13H14O. The number of hydrogen-bond acceptors (Lipinski definition) is 1. The van der Waals surface area contributed by atoms with Crippen LogP contribution < -0.4 is 0 Å². The zero-order chi connectivity index (χ0) is 10.4. The average molecular weight is 186 g/mol. The molecule has 0 unspecified atom stereocenters. The van der Waals surface area contributed by atoms with Gasteiger partial charge in [-0.05, 0) is 24.1 Å². The van der Waals surface area contributed by atoms with Crippen molar-refractivity contribution >= 4 is 11.9 Å². The summed E-state index contributed by atoms with van der Waals surface area (Å²) in [6, 6.07) is 7.97. The third kappa shape index (κ3) is 3.02. The van der Waals surface area contributed by atoms with E-state index in [1.165, 1.54) is 5.56 Å². The smallest absolute Gasteiger partial charge is 0.159 e. The molecule has 0 atom stereocenters. The number of carbonyl (C=O) groups excluding carboxylic acids is 1. The van der Waals surface area contributed by atoms with Gasteiger partial charge in [-0.3, -0.25) is 4.79 Å². The molecule has 0 aromatic heterocycles. The lowest BCUT2D eigenvalue weighted by molar-refractivity contribution is -0.113. The van der Waals surface area contributed by atoms with Crippen LogP contribution in [-0.4, -0.2) is 5.78 Å². The van der Waals surface area contributed by atoms with Crippen LogP contribution in [0.3, 0.4) is 0 Å². The van der Waals surface area contributed by atoms with E-state index in [1.54, 1.807) is 12.2 Å². The Bertz CT molecular complexity index is 361. The lowest BCUT2D eigenvalue weighted by Crippen LogP contribution is -1.88. The topological polar surface area (TPSA) is 17.1 Å².